The van der Waals surface area contributed by atoms with Crippen LogP contribution in [0.1, 0.15) is 49.8 Å². The van der Waals surface area contributed by atoms with Gasteiger partial charge < -0.3 is 14.8 Å². The van der Waals surface area contributed by atoms with Crippen LogP contribution in [0.5, 0.6) is 5.75 Å². The molecule has 116 valence electrons. The van der Waals surface area contributed by atoms with Crippen LogP contribution in [0.15, 0.2) is 18.2 Å². The lowest BCUT2D eigenvalue weighted by atomic mass is 9.85. The van der Waals surface area contributed by atoms with Crippen LogP contribution >= 0.6 is 0 Å². The lowest BCUT2D eigenvalue weighted by molar-refractivity contribution is 0.0540. The highest BCUT2D eigenvalue weighted by molar-refractivity contribution is 5.39. The van der Waals surface area contributed by atoms with Gasteiger partial charge >= 0.3 is 0 Å². The molecule has 0 amide bonds. The summed E-state index contributed by atoms with van der Waals surface area (Å²) in [4.78, 5) is 0. The van der Waals surface area contributed by atoms with E-state index in [9.17, 15) is 0 Å². The Bertz CT molecular complexity index is 468. The van der Waals surface area contributed by atoms with Crippen LogP contribution in [0.2, 0.25) is 0 Å². The maximum absolute atomic E-state index is 5.48. The highest BCUT2D eigenvalue weighted by Gasteiger charge is 2.26. The molecule has 0 radical (unpaired) electrons. The SMILES string of the molecule is COc1ccc2c(c1)C(NC(C)C1CCOCC1)CCC2. The molecule has 1 saturated heterocycles. The molecule has 3 rings (SSSR count). The Morgan fingerprint density at radius 3 is 2.81 bits per heavy atom. The maximum Gasteiger partial charge on any atom is 0.119 e. The van der Waals surface area contributed by atoms with Gasteiger partial charge in [-0.2, -0.15) is 0 Å². The molecule has 3 heteroatoms. The van der Waals surface area contributed by atoms with Gasteiger partial charge in [0, 0.05) is 25.3 Å². The minimum atomic E-state index is 0.474. The molecule has 2 unspecified atom stereocenters. The van der Waals surface area contributed by atoms with E-state index in [-0.39, 0.29) is 0 Å². The summed E-state index contributed by atoms with van der Waals surface area (Å²) in [6.45, 7) is 4.18. The fourth-order valence-electron chi connectivity index (χ4n) is 3.75. The molecule has 0 bridgehead atoms. The Morgan fingerprint density at radius 2 is 2.05 bits per heavy atom. The summed E-state index contributed by atoms with van der Waals surface area (Å²) in [5, 5.41) is 3.88. The summed E-state index contributed by atoms with van der Waals surface area (Å²) in [5.41, 5.74) is 2.93. The molecule has 0 aromatic heterocycles. The number of hydrogen-bond acceptors (Lipinski definition) is 3. The minimum Gasteiger partial charge on any atom is -0.497 e. The molecule has 2 atom stereocenters. The summed E-state index contributed by atoms with van der Waals surface area (Å²) in [7, 11) is 1.75. The molecule has 1 heterocycles. The van der Waals surface area contributed by atoms with Crippen molar-refractivity contribution in [2.45, 2.75) is 51.1 Å². The number of fused-ring (bicyclic) bond motifs is 1. The van der Waals surface area contributed by atoms with Crippen molar-refractivity contribution < 1.29 is 9.47 Å². The summed E-state index contributed by atoms with van der Waals surface area (Å²) >= 11 is 0. The smallest absolute Gasteiger partial charge is 0.119 e. The predicted molar refractivity (Wildman–Crippen MR) is 84.8 cm³/mol. The lowest BCUT2D eigenvalue weighted by Gasteiger charge is -2.34. The van der Waals surface area contributed by atoms with Gasteiger partial charge in [0.15, 0.2) is 0 Å². The first-order valence-electron chi connectivity index (χ1n) is 8.28. The van der Waals surface area contributed by atoms with Gasteiger partial charge in [-0.15, -0.1) is 0 Å². The van der Waals surface area contributed by atoms with Crippen molar-refractivity contribution in [3.63, 3.8) is 0 Å². The van der Waals surface area contributed by atoms with Crippen LogP contribution in [0.4, 0.5) is 0 Å². The third kappa shape index (κ3) is 3.41. The van der Waals surface area contributed by atoms with Crippen molar-refractivity contribution in [2.24, 2.45) is 5.92 Å². The number of aryl methyl sites for hydroxylation is 1. The number of hydrogen-bond donors (Lipinski definition) is 1. The topological polar surface area (TPSA) is 30.5 Å². The molecule has 1 N–H and O–H groups in total. The molecule has 1 aromatic carbocycles. The second-order valence-electron chi connectivity index (χ2n) is 6.41. The lowest BCUT2D eigenvalue weighted by Crippen LogP contribution is -2.39. The van der Waals surface area contributed by atoms with E-state index in [0.29, 0.717) is 12.1 Å². The van der Waals surface area contributed by atoms with Gasteiger partial charge in [0.25, 0.3) is 0 Å². The van der Waals surface area contributed by atoms with Crippen molar-refractivity contribution in [1.29, 1.82) is 0 Å². The normalized spacial score (nSPS) is 24.4. The second kappa shape index (κ2) is 6.80. The van der Waals surface area contributed by atoms with Gasteiger partial charge in [-0.3, -0.25) is 0 Å². The molecule has 2 aliphatic rings. The van der Waals surface area contributed by atoms with Crippen molar-refractivity contribution in [3.8, 4) is 5.75 Å². The molecule has 0 spiro atoms. The quantitative estimate of drug-likeness (QED) is 0.920. The maximum atomic E-state index is 5.48. The summed E-state index contributed by atoms with van der Waals surface area (Å²) in [5.74, 6) is 1.72. The molecular formula is C18H27NO2. The number of benzene rings is 1. The fourth-order valence-corrected chi connectivity index (χ4v) is 3.75. The van der Waals surface area contributed by atoms with Crippen molar-refractivity contribution in [1.82, 2.24) is 5.32 Å². The zero-order chi connectivity index (χ0) is 14.7. The molecule has 3 nitrogen and oxygen atoms in total. The molecule has 1 aliphatic carbocycles. The van der Waals surface area contributed by atoms with E-state index < -0.39 is 0 Å². The Kier molecular flexibility index (Phi) is 4.81. The van der Waals surface area contributed by atoms with Crippen LogP contribution < -0.4 is 10.1 Å². The first-order chi connectivity index (χ1) is 10.3. The predicted octanol–water partition coefficient (Wildman–Crippen LogP) is 3.48. The van der Waals surface area contributed by atoms with Crippen LogP contribution in [0, 0.1) is 5.92 Å². The van der Waals surface area contributed by atoms with E-state index in [4.69, 9.17) is 9.47 Å². The monoisotopic (exact) mass is 289 g/mol. The van der Waals surface area contributed by atoms with E-state index >= 15 is 0 Å². The number of methoxy groups -OCH3 is 1. The van der Waals surface area contributed by atoms with E-state index in [1.807, 2.05) is 0 Å². The Balaban J connectivity index is 1.71. The van der Waals surface area contributed by atoms with Gasteiger partial charge in [0.05, 0.1) is 7.11 Å². The largest absolute Gasteiger partial charge is 0.497 e. The fraction of sp³-hybridized carbons (Fsp3) is 0.667. The Labute approximate surface area is 128 Å². The van der Waals surface area contributed by atoms with Crippen molar-refractivity contribution >= 4 is 0 Å². The Morgan fingerprint density at radius 1 is 1.24 bits per heavy atom. The molecule has 21 heavy (non-hydrogen) atoms. The highest BCUT2D eigenvalue weighted by Crippen LogP contribution is 2.33. The first-order valence-corrected chi connectivity index (χ1v) is 8.28. The van der Waals surface area contributed by atoms with E-state index in [1.54, 1.807) is 7.11 Å². The highest BCUT2D eigenvalue weighted by atomic mass is 16.5. The Hall–Kier alpha value is -1.06. The van der Waals surface area contributed by atoms with Crippen LogP contribution in [0.25, 0.3) is 0 Å². The molecular weight excluding hydrogens is 262 g/mol. The number of rotatable bonds is 4. The van der Waals surface area contributed by atoms with Gasteiger partial charge in [-0.1, -0.05) is 6.07 Å². The van der Waals surface area contributed by atoms with Crippen molar-refractivity contribution in [3.05, 3.63) is 29.3 Å². The van der Waals surface area contributed by atoms with Crippen LogP contribution in [0.3, 0.4) is 0 Å². The third-order valence-corrected chi connectivity index (χ3v) is 5.10. The van der Waals surface area contributed by atoms with Gasteiger partial charge in [0.1, 0.15) is 5.75 Å². The first kappa shape index (κ1) is 14.9. The summed E-state index contributed by atoms with van der Waals surface area (Å²) in [6, 6.07) is 7.57. The summed E-state index contributed by atoms with van der Waals surface area (Å²) in [6.07, 6.45) is 6.08. The molecule has 0 saturated carbocycles. The minimum absolute atomic E-state index is 0.474. The molecule has 1 aromatic rings. The van der Waals surface area contributed by atoms with Gasteiger partial charge in [0.2, 0.25) is 0 Å². The standard InChI is InChI=1S/C18H27NO2/c1-13(14-8-10-21-11-9-14)19-18-5-3-4-15-6-7-16(20-2)12-17(15)18/h6-7,12-14,18-19H,3-5,8-11H2,1-2H3. The molecule has 1 fully saturated rings. The van der Waals surface area contributed by atoms with E-state index in [2.05, 4.69) is 30.4 Å². The average Bonchev–Trinajstić information content (AvgIpc) is 2.55. The van der Waals surface area contributed by atoms with Gasteiger partial charge in [-0.25, -0.2) is 0 Å². The van der Waals surface area contributed by atoms with Crippen LogP contribution in [-0.2, 0) is 11.2 Å². The average molecular weight is 289 g/mol. The molecule has 1 aliphatic heterocycles. The zero-order valence-electron chi connectivity index (χ0n) is 13.2. The zero-order valence-corrected chi connectivity index (χ0v) is 13.2. The second-order valence-corrected chi connectivity index (χ2v) is 6.41. The third-order valence-electron chi connectivity index (χ3n) is 5.10. The summed E-state index contributed by atoms with van der Waals surface area (Å²) < 4.78 is 10.9. The van der Waals surface area contributed by atoms with E-state index in [0.717, 1.165) is 24.9 Å². The van der Waals surface area contributed by atoms with Gasteiger partial charge in [-0.05, 0) is 68.2 Å². The van der Waals surface area contributed by atoms with E-state index in [1.165, 1.54) is 43.2 Å². The number of nitrogens with one attached hydrogen (secondary N) is 1. The van der Waals surface area contributed by atoms with Crippen molar-refractivity contribution in [2.75, 3.05) is 20.3 Å². The number of ether oxygens (including phenoxy) is 2. The van der Waals surface area contributed by atoms with Crippen LogP contribution in [-0.4, -0.2) is 26.4 Å².